The van der Waals surface area contributed by atoms with E-state index in [4.69, 9.17) is 0 Å². The summed E-state index contributed by atoms with van der Waals surface area (Å²) in [6.45, 7) is 4.99. The van der Waals surface area contributed by atoms with E-state index < -0.39 is 0 Å². The summed E-state index contributed by atoms with van der Waals surface area (Å²) in [5, 5.41) is 15.3. The second-order valence-electron chi connectivity index (χ2n) is 4.23. The first-order valence-corrected chi connectivity index (χ1v) is 7.03. The van der Waals surface area contributed by atoms with Crippen molar-refractivity contribution < 1.29 is 0 Å². The van der Waals surface area contributed by atoms with Crippen molar-refractivity contribution >= 4 is 21.6 Å². The van der Waals surface area contributed by atoms with Crippen LogP contribution in [0.2, 0.25) is 0 Å². The Hall–Kier alpha value is -1.86. The largest absolute Gasteiger partial charge is 0.308 e. The summed E-state index contributed by atoms with van der Waals surface area (Å²) in [5.74, 6) is 0.811. The second-order valence-corrected chi connectivity index (χ2v) is 5.12. The minimum atomic E-state index is 0.108. The van der Waals surface area contributed by atoms with Crippen LogP contribution < -0.4 is 5.32 Å². The first-order valence-electron chi connectivity index (χ1n) is 6.15. The highest BCUT2D eigenvalue weighted by molar-refractivity contribution is 7.16. The van der Waals surface area contributed by atoms with Gasteiger partial charge in [0.25, 0.3) is 0 Å². The third kappa shape index (κ3) is 2.22. The lowest BCUT2D eigenvalue weighted by Crippen LogP contribution is -2.21. The van der Waals surface area contributed by atoms with E-state index in [9.17, 15) is 0 Å². The molecule has 0 radical (unpaired) electrons. The predicted octanol–water partition coefficient (Wildman–Crippen LogP) is 1.94. The molecule has 0 aliphatic carbocycles. The molecule has 0 bridgehead atoms. The molecule has 0 saturated carbocycles. The number of nitrogens with zero attached hydrogens (tertiary/aromatic N) is 5. The maximum atomic E-state index is 4.27. The fourth-order valence-corrected chi connectivity index (χ4v) is 2.73. The average molecular weight is 274 g/mol. The molecule has 3 rings (SSSR count). The summed E-state index contributed by atoms with van der Waals surface area (Å²) in [7, 11) is 0. The molecule has 0 spiro atoms. The molecule has 1 atom stereocenters. The van der Waals surface area contributed by atoms with E-state index in [1.165, 1.54) is 0 Å². The van der Waals surface area contributed by atoms with E-state index in [0.29, 0.717) is 0 Å². The van der Waals surface area contributed by atoms with Gasteiger partial charge in [0.05, 0.1) is 27.5 Å². The minimum Gasteiger partial charge on any atom is -0.308 e. The molecular weight excluding hydrogens is 260 g/mol. The Morgan fingerprint density at radius 2 is 2.32 bits per heavy atom. The van der Waals surface area contributed by atoms with Crippen molar-refractivity contribution in [2.45, 2.75) is 19.9 Å². The van der Waals surface area contributed by atoms with Crippen molar-refractivity contribution in [2.75, 3.05) is 6.54 Å². The summed E-state index contributed by atoms with van der Waals surface area (Å²) >= 11 is 1.61. The number of thiazole rings is 1. The van der Waals surface area contributed by atoms with Crippen LogP contribution in [0.25, 0.3) is 15.9 Å². The molecule has 7 heteroatoms. The summed E-state index contributed by atoms with van der Waals surface area (Å²) in [4.78, 5) is 4.27. The number of hydrogen-bond donors (Lipinski definition) is 1. The van der Waals surface area contributed by atoms with Crippen LogP contribution in [0.15, 0.2) is 23.7 Å². The molecular formula is C12H14N6S. The number of benzene rings is 1. The zero-order valence-electron chi connectivity index (χ0n) is 10.7. The van der Waals surface area contributed by atoms with Gasteiger partial charge in [0.2, 0.25) is 0 Å². The normalized spacial score (nSPS) is 12.9. The molecule has 19 heavy (non-hydrogen) atoms. The molecule has 98 valence electrons. The van der Waals surface area contributed by atoms with Crippen LogP contribution in [0.1, 0.15) is 25.7 Å². The van der Waals surface area contributed by atoms with Crippen molar-refractivity contribution in [3.05, 3.63) is 29.5 Å². The fraction of sp³-hybridized carbons (Fsp3) is 0.333. The molecule has 0 amide bonds. The van der Waals surface area contributed by atoms with E-state index >= 15 is 0 Å². The molecule has 0 aliphatic heterocycles. The highest BCUT2D eigenvalue weighted by Gasteiger charge is 2.15. The summed E-state index contributed by atoms with van der Waals surface area (Å²) < 4.78 is 2.90. The van der Waals surface area contributed by atoms with Crippen molar-refractivity contribution in [1.29, 1.82) is 0 Å². The summed E-state index contributed by atoms with van der Waals surface area (Å²) in [6, 6.07) is 6.15. The van der Waals surface area contributed by atoms with Crippen LogP contribution in [0.5, 0.6) is 0 Å². The van der Waals surface area contributed by atoms with Crippen LogP contribution in [0.3, 0.4) is 0 Å². The molecule has 0 fully saturated rings. The number of fused-ring (bicyclic) bond motifs is 1. The molecule has 3 aromatic rings. The Balaban J connectivity index is 2.03. The lowest BCUT2D eigenvalue weighted by Gasteiger charge is -2.11. The van der Waals surface area contributed by atoms with Crippen LogP contribution in [0, 0.1) is 0 Å². The number of hydrogen-bond acceptors (Lipinski definition) is 6. The van der Waals surface area contributed by atoms with E-state index in [0.717, 1.165) is 28.3 Å². The van der Waals surface area contributed by atoms with Gasteiger partial charge in [0.1, 0.15) is 0 Å². The Bertz CT molecular complexity index is 688. The highest BCUT2D eigenvalue weighted by atomic mass is 32.1. The molecule has 1 aromatic carbocycles. The molecule has 1 N–H and O–H groups in total. The summed E-state index contributed by atoms with van der Waals surface area (Å²) in [6.07, 6.45) is 0. The van der Waals surface area contributed by atoms with Crippen molar-refractivity contribution in [1.82, 2.24) is 30.5 Å². The number of tetrazole rings is 1. The Morgan fingerprint density at radius 1 is 1.42 bits per heavy atom. The molecule has 2 aromatic heterocycles. The quantitative estimate of drug-likeness (QED) is 0.787. The van der Waals surface area contributed by atoms with Gasteiger partial charge in [0.15, 0.2) is 5.82 Å². The Kier molecular flexibility index (Phi) is 3.22. The van der Waals surface area contributed by atoms with E-state index in [1.807, 2.05) is 17.6 Å². The fourth-order valence-electron chi connectivity index (χ4n) is 2.02. The van der Waals surface area contributed by atoms with Gasteiger partial charge in [-0.1, -0.05) is 6.92 Å². The Morgan fingerprint density at radius 3 is 3.16 bits per heavy atom. The number of aromatic nitrogens is 5. The van der Waals surface area contributed by atoms with Crippen LogP contribution in [-0.4, -0.2) is 31.7 Å². The number of nitrogens with one attached hydrogen (secondary N) is 1. The molecule has 0 saturated heterocycles. The third-order valence-corrected chi connectivity index (χ3v) is 3.74. The van der Waals surface area contributed by atoms with Gasteiger partial charge in [-0.05, 0) is 42.1 Å². The number of rotatable bonds is 4. The van der Waals surface area contributed by atoms with Crippen LogP contribution in [0.4, 0.5) is 0 Å². The van der Waals surface area contributed by atoms with Gasteiger partial charge in [0, 0.05) is 0 Å². The average Bonchev–Trinajstić information content (AvgIpc) is 3.07. The van der Waals surface area contributed by atoms with Gasteiger partial charge in [-0.3, -0.25) is 0 Å². The maximum Gasteiger partial charge on any atom is 0.173 e. The molecule has 0 aliphatic rings. The minimum absolute atomic E-state index is 0.108. The van der Waals surface area contributed by atoms with Crippen LogP contribution in [-0.2, 0) is 0 Å². The predicted molar refractivity (Wildman–Crippen MR) is 74.4 cm³/mol. The van der Waals surface area contributed by atoms with Crippen molar-refractivity contribution in [3.63, 3.8) is 0 Å². The lowest BCUT2D eigenvalue weighted by atomic mass is 10.2. The highest BCUT2D eigenvalue weighted by Crippen LogP contribution is 2.22. The monoisotopic (exact) mass is 274 g/mol. The first kappa shape index (κ1) is 12.2. The van der Waals surface area contributed by atoms with Gasteiger partial charge in [-0.25, -0.2) is 4.98 Å². The third-order valence-electron chi connectivity index (χ3n) is 2.95. The lowest BCUT2D eigenvalue weighted by molar-refractivity contribution is 0.550. The first-order chi connectivity index (χ1) is 9.29. The standard InChI is InChI=1S/C12H14N6S/c1-3-13-8(2)12-15-16-17-18(12)9-4-5-10-11(6-9)19-7-14-10/h4-8,13H,3H2,1-2H3. The zero-order chi connectivity index (χ0) is 13.2. The van der Waals surface area contributed by atoms with Crippen molar-refractivity contribution in [2.24, 2.45) is 0 Å². The van der Waals surface area contributed by atoms with E-state index in [-0.39, 0.29) is 6.04 Å². The smallest absolute Gasteiger partial charge is 0.173 e. The van der Waals surface area contributed by atoms with E-state index in [1.54, 1.807) is 16.0 Å². The maximum absolute atomic E-state index is 4.27. The molecule has 1 unspecified atom stereocenters. The van der Waals surface area contributed by atoms with Crippen LogP contribution >= 0.6 is 11.3 Å². The van der Waals surface area contributed by atoms with Gasteiger partial charge >= 0.3 is 0 Å². The zero-order valence-corrected chi connectivity index (χ0v) is 11.6. The van der Waals surface area contributed by atoms with Gasteiger partial charge in [-0.2, -0.15) is 4.68 Å². The molecule has 2 heterocycles. The van der Waals surface area contributed by atoms with E-state index in [2.05, 4.69) is 45.7 Å². The van der Waals surface area contributed by atoms with Crippen molar-refractivity contribution in [3.8, 4) is 5.69 Å². The topological polar surface area (TPSA) is 68.5 Å². The molecule has 6 nitrogen and oxygen atoms in total. The SMILES string of the molecule is CCNC(C)c1nnnn1-c1ccc2ncsc2c1. The second kappa shape index (κ2) is 5.02. The van der Waals surface area contributed by atoms with Gasteiger partial charge in [-0.15, -0.1) is 16.4 Å². The van der Waals surface area contributed by atoms with Gasteiger partial charge < -0.3 is 5.32 Å². The summed E-state index contributed by atoms with van der Waals surface area (Å²) in [5.41, 5.74) is 3.81. The Labute approximate surface area is 114 Å².